The Hall–Kier alpha value is -3.83. The van der Waals surface area contributed by atoms with E-state index in [0.717, 1.165) is 16.8 Å². The minimum atomic E-state index is -3.11. The summed E-state index contributed by atoms with van der Waals surface area (Å²) in [4.78, 5) is 24.8. The molecule has 4 aromatic rings. The summed E-state index contributed by atoms with van der Waals surface area (Å²) in [5, 5.41) is 9.03. The van der Waals surface area contributed by atoms with Crippen molar-refractivity contribution in [1.29, 1.82) is 0 Å². The van der Waals surface area contributed by atoms with Crippen LogP contribution in [0.25, 0.3) is 28.0 Å². The first-order valence-electron chi connectivity index (χ1n) is 11.7. The van der Waals surface area contributed by atoms with Gasteiger partial charge in [-0.1, -0.05) is 29.8 Å². The number of sulfone groups is 1. The lowest BCUT2D eigenvalue weighted by atomic mass is 10.1. The number of hydrogen-bond donors (Lipinski definition) is 1. The van der Waals surface area contributed by atoms with Gasteiger partial charge in [0.05, 0.1) is 36.0 Å². The molecule has 0 bridgehead atoms. The first kappa shape index (κ1) is 25.8. The molecule has 0 spiro atoms. The van der Waals surface area contributed by atoms with Crippen LogP contribution in [0, 0.1) is 6.92 Å². The number of carbonyl (C=O) groups excluding carboxylic acids is 2. The van der Waals surface area contributed by atoms with Crippen molar-refractivity contribution in [1.82, 2.24) is 9.78 Å². The normalized spacial score (nSPS) is 16.9. The molecule has 1 atom stereocenters. The van der Waals surface area contributed by atoms with E-state index < -0.39 is 28.3 Å². The first-order valence-corrected chi connectivity index (χ1v) is 13.9. The van der Waals surface area contributed by atoms with E-state index in [0.29, 0.717) is 40.3 Å². The molecule has 3 heterocycles. The topological polar surface area (TPSA) is 130 Å². The summed E-state index contributed by atoms with van der Waals surface area (Å²) >= 11 is 6.42. The Kier molecular flexibility index (Phi) is 6.89. The molecular weight excluding hydrogens is 534 g/mol. The molecule has 1 aliphatic heterocycles. The van der Waals surface area contributed by atoms with Crippen LogP contribution in [0.2, 0.25) is 5.15 Å². The van der Waals surface area contributed by atoms with E-state index in [1.54, 1.807) is 19.1 Å². The van der Waals surface area contributed by atoms with Gasteiger partial charge in [-0.15, -0.1) is 0 Å². The van der Waals surface area contributed by atoms with Gasteiger partial charge < -0.3 is 19.2 Å². The highest BCUT2D eigenvalue weighted by molar-refractivity contribution is 7.91. The van der Waals surface area contributed by atoms with Crippen LogP contribution in [0.5, 0.6) is 5.75 Å². The number of para-hydroxylation sites is 1. The number of fused-ring (bicyclic) bond motifs is 3. The maximum Gasteiger partial charge on any atom is 0.331 e. The minimum Gasteiger partial charge on any atom is -0.495 e. The van der Waals surface area contributed by atoms with Gasteiger partial charge in [0.2, 0.25) is 0 Å². The largest absolute Gasteiger partial charge is 0.495 e. The Morgan fingerprint density at radius 1 is 1.24 bits per heavy atom. The SMILES string of the molecule is COc1cc2c(cc1NC(=O)COC(=O)/C=C/c1c(C)nn(C3CCS(=O)(=O)C3)c1Cl)oc1ccccc12. The van der Waals surface area contributed by atoms with Gasteiger partial charge in [-0.2, -0.15) is 5.10 Å². The van der Waals surface area contributed by atoms with Crippen LogP contribution in [0.15, 0.2) is 46.9 Å². The van der Waals surface area contributed by atoms with Crippen molar-refractivity contribution in [3.05, 3.63) is 58.9 Å². The Morgan fingerprint density at radius 3 is 2.76 bits per heavy atom. The number of aromatic nitrogens is 2. The summed E-state index contributed by atoms with van der Waals surface area (Å²) in [6.45, 7) is 1.17. The fourth-order valence-electron chi connectivity index (χ4n) is 4.47. The molecule has 2 aromatic carbocycles. The fourth-order valence-corrected chi connectivity index (χ4v) is 6.54. The number of benzene rings is 2. The van der Waals surface area contributed by atoms with Gasteiger partial charge in [0.15, 0.2) is 16.4 Å². The molecule has 1 fully saturated rings. The zero-order chi connectivity index (χ0) is 27.0. The zero-order valence-electron chi connectivity index (χ0n) is 20.6. The molecule has 1 aliphatic rings. The molecule has 198 valence electrons. The average molecular weight is 558 g/mol. The van der Waals surface area contributed by atoms with Crippen LogP contribution in [0.3, 0.4) is 0 Å². The quantitative estimate of drug-likeness (QED) is 0.263. The maximum absolute atomic E-state index is 12.5. The molecule has 0 radical (unpaired) electrons. The van der Waals surface area contributed by atoms with Crippen molar-refractivity contribution in [3.63, 3.8) is 0 Å². The van der Waals surface area contributed by atoms with Crippen molar-refractivity contribution in [2.24, 2.45) is 0 Å². The number of amides is 1. The predicted octanol–water partition coefficient (Wildman–Crippen LogP) is 4.31. The second-order valence-corrected chi connectivity index (χ2v) is 11.5. The highest BCUT2D eigenvalue weighted by Gasteiger charge is 2.31. The van der Waals surface area contributed by atoms with Gasteiger partial charge in [-0.25, -0.2) is 17.9 Å². The summed E-state index contributed by atoms with van der Waals surface area (Å²) in [7, 11) is -1.62. The highest BCUT2D eigenvalue weighted by Crippen LogP contribution is 2.36. The predicted molar refractivity (Wildman–Crippen MR) is 143 cm³/mol. The molecule has 10 nitrogen and oxygen atoms in total. The molecule has 1 saturated heterocycles. The number of methoxy groups -OCH3 is 1. The fraction of sp³-hybridized carbons (Fsp3) is 0.269. The van der Waals surface area contributed by atoms with Crippen molar-refractivity contribution in [3.8, 4) is 5.75 Å². The third kappa shape index (κ3) is 5.11. The van der Waals surface area contributed by atoms with E-state index in [4.69, 9.17) is 25.5 Å². The molecule has 38 heavy (non-hydrogen) atoms. The molecule has 0 aliphatic carbocycles. The number of carbonyl (C=O) groups is 2. The summed E-state index contributed by atoms with van der Waals surface area (Å²) in [5.41, 5.74) is 2.67. The molecule has 2 aromatic heterocycles. The van der Waals surface area contributed by atoms with E-state index in [9.17, 15) is 18.0 Å². The molecule has 12 heteroatoms. The van der Waals surface area contributed by atoms with Crippen LogP contribution in [-0.4, -0.2) is 55.3 Å². The van der Waals surface area contributed by atoms with E-state index in [-0.39, 0.29) is 22.7 Å². The van der Waals surface area contributed by atoms with E-state index in [2.05, 4.69) is 10.4 Å². The Bertz CT molecular complexity index is 1700. The second-order valence-electron chi connectivity index (χ2n) is 8.93. The van der Waals surface area contributed by atoms with Crippen molar-refractivity contribution in [2.45, 2.75) is 19.4 Å². The van der Waals surface area contributed by atoms with Crippen LogP contribution in [-0.2, 0) is 24.2 Å². The number of anilines is 1. The Labute approximate surface area is 223 Å². The average Bonchev–Trinajstić information content (AvgIpc) is 3.52. The van der Waals surface area contributed by atoms with Crippen molar-refractivity contribution in [2.75, 3.05) is 30.5 Å². The molecular formula is C26H24ClN3O7S. The monoisotopic (exact) mass is 557 g/mol. The molecule has 1 unspecified atom stereocenters. The Morgan fingerprint density at radius 2 is 2.03 bits per heavy atom. The van der Waals surface area contributed by atoms with Crippen LogP contribution in [0.4, 0.5) is 5.69 Å². The standard InChI is InChI=1S/C26H24ClN3O7S/c1-15-17(26(27)30(29-15)16-9-10-38(33,34)14-16)7-8-25(32)36-13-24(31)28-20-12-22-19(11-23(20)35-2)18-5-3-4-6-21(18)37-22/h3-8,11-12,16H,9-10,13-14H2,1-2H3,(H,28,31)/b8-7+. The van der Waals surface area contributed by atoms with Gasteiger partial charge >= 0.3 is 5.97 Å². The van der Waals surface area contributed by atoms with Gasteiger partial charge in [0.25, 0.3) is 5.91 Å². The number of esters is 1. The molecule has 1 amide bonds. The summed E-state index contributed by atoms with van der Waals surface area (Å²) < 4.78 is 41.4. The molecule has 0 saturated carbocycles. The van der Waals surface area contributed by atoms with Gasteiger partial charge in [-0.3, -0.25) is 4.79 Å². The van der Waals surface area contributed by atoms with E-state index >= 15 is 0 Å². The van der Waals surface area contributed by atoms with Crippen molar-refractivity contribution < 1.29 is 31.9 Å². The van der Waals surface area contributed by atoms with Crippen LogP contribution in [0.1, 0.15) is 23.7 Å². The highest BCUT2D eigenvalue weighted by atomic mass is 35.5. The first-order chi connectivity index (χ1) is 18.1. The number of aryl methyl sites for hydroxylation is 1. The van der Waals surface area contributed by atoms with E-state index in [1.807, 2.05) is 24.3 Å². The number of nitrogens with zero attached hydrogens (tertiary/aromatic N) is 2. The van der Waals surface area contributed by atoms with Gasteiger partial charge in [0, 0.05) is 28.5 Å². The summed E-state index contributed by atoms with van der Waals surface area (Å²) in [6.07, 6.45) is 3.00. The van der Waals surface area contributed by atoms with Crippen molar-refractivity contribution >= 4 is 67.0 Å². The number of rotatable bonds is 7. The number of nitrogens with one attached hydrogen (secondary N) is 1. The molecule has 1 N–H and O–H groups in total. The smallest absolute Gasteiger partial charge is 0.331 e. The lowest BCUT2D eigenvalue weighted by Crippen LogP contribution is -2.20. The number of halogens is 1. The van der Waals surface area contributed by atoms with Crippen LogP contribution < -0.4 is 10.1 Å². The second kappa shape index (κ2) is 10.1. The van der Waals surface area contributed by atoms with E-state index in [1.165, 1.54) is 17.9 Å². The lowest BCUT2D eigenvalue weighted by Gasteiger charge is -2.10. The summed E-state index contributed by atoms with van der Waals surface area (Å²) in [5.74, 6) is -0.829. The van der Waals surface area contributed by atoms with Gasteiger partial charge in [-0.05, 0) is 31.6 Å². The zero-order valence-corrected chi connectivity index (χ0v) is 22.1. The Balaban J connectivity index is 1.23. The van der Waals surface area contributed by atoms with Crippen LogP contribution >= 0.6 is 11.6 Å². The third-order valence-corrected chi connectivity index (χ3v) is 8.46. The third-order valence-electron chi connectivity index (χ3n) is 6.33. The number of furan rings is 1. The molecule has 5 rings (SSSR count). The maximum atomic E-state index is 12.5. The lowest BCUT2D eigenvalue weighted by molar-refractivity contribution is -0.142. The summed E-state index contributed by atoms with van der Waals surface area (Å²) in [6, 6.07) is 10.7. The van der Waals surface area contributed by atoms with Gasteiger partial charge in [0.1, 0.15) is 22.1 Å². The number of hydrogen-bond acceptors (Lipinski definition) is 8. The minimum absolute atomic E-state index is 0.0256. The number of ether oxygens (including phenoxy) is 2.